The summed E-state index contributed by atoms with van der Waals surface area (Å²) in [5.74, 6) is 3.57. The molecular formula is C25H29N4O3+. The van der Waals surface area contributed by atoms with Crippen LogP contribution in [0.2, 0.25) is 0 Å². The van der Waals surface area contributed by atoms with E-state index in [9.17, 15) is 4.79 Å². The van der Waals surface area contributed by atoms with Gasteiger partial charge in [0, 0.05) is 41.3 Å². The number of hydrogen-bond acceptors (Lipinski definition) is 6. The fraction of sp³-hybridized carbons (Fsp3) is 0.440. The Balaban J connectivity index is 1.31. The summed E-state index contributed by atoms with van der Waals surface area (Å²) in [6.45, 7) is 3.28. The first-order chi connectivity index (χ1) is 15.4. The minimum absolute atomic E-state index is 0.115. The second kappa shape index (κ2) is 8.13. The topological polar surface area (TPSA) is 74.2 Å². The number of aryl methyl sites for hydroxylation is 1. The molecule has 1 amide bonds. The van der Waals surface area contributed by atoms with Crippen molar-refractivity contribution in [2.45, 2.75) is 32.1 Å². The first-order valence-electron chi connectivity index (χ1n) is 11.2. The lowest BCUT2D eigenvalue weighted by molar-refractivity contribution is -0.780. The van der Waals surface area contributed by atoms with E-state index < -0.39 is 0 Å². The maximum Gasteiger partial charge on any atom is 0.343 e. The Kier molecular flexibility index (Phi) is 5.29. The monoisotopic (exact) mass is 433 g/mol. The Hall–Kier alpha value is -3.06. The van der Waals surface area contributed by atoms with Crippen molar-refractivity contribution < 1.29 is 18.8 Å². The van der Waals surface area contributed by atoms with Crippen LogP contribution in [-0.4, -0.2) is 52.7 Å². The average Bonchev–Trinajstić information content (AvgIpc) is 3.71. The quantitative estimate of drug-likeness (QED) is 0.592. The first kappa shape index (κ1) is 20.8. The van der Waals surface area contributed by atoms with Crippen molar-refractivity contribution >= 4 is 11.5 Å². The lowest BCUT2D eigenvalue weighted by atomic mass is 10.1. The highest BCUT2D eigenvalue weighted by molar-refractivity contribution is 5.91. The minimum Gasteiger partial charge on any atom is -0.495 e. The van der Waals surface area contributed by atoms with E-state index in [1.165, 1.54) is 12.8 Å². The van der Waals surface area contributed by atoms with Crippen LogP contribution in [0.1, 0.15) is 42.3 Å². The molecule has 166 valence electrons. The molecule has 3 aliphatic rings. The van der Waals surface area contributed by atoms with Crippen LogP contribution in [0.25, 0.3) is 5.57 Å². The van der Waals surface area contributed by atoms with Gasteiger partial charge in [-0.05, 0) is 44.4 Å². The van der Waals surface area contributed by atoms with Crippen LogP contribution in [0.15, 0.2) is 42.9 Å². The lowest BCUT2D eigenvalue weighted by Crippen LogP contribution is -2.46. The first-order valence-corrected chi connectivity index (χ1v) is 11.2. The summed E-state index contributed by atoms with van der Waals surface area (Å²) < 4.78 is 11.7. The molecule has 2 saturated carbocycles. The molecule has 0 bridgehead atoms. The van der Waals surface area contributed by atoms with Crippen molar-refractivity contribution in [3.8, 4) is 11.6 Å². The molecule has 0 saturated heterocycles. The Morgan fingerprint density at radius 2 is 2.00 bits per heavy atom. The van der Waals surface area contributed by atoms with Crippen LogP contribution in [0.4, 0.5) is 0 Å². The minimum atomic E-state index is 0.115. The molecule has 2 aromatic heterocycles. The number of amides is 1. The van der Waals surface area contributed by atoms with E-state index in [1.807, 2.05) is 38.4 Å². The highest BCUT2D eigenvalue weighted by atomic mass is 16.5. The van der Waals surface area contributed by atoms with Gasteiger partial charge in [0.15, 0.2) is 0 Å². The molecule has 1 aliphatic heterocycles. The van der Waals surface area contributed by atoms with Crippen molar-refractivity contribution in [2.24, 2.45) is 11.8 Å². The van der Waals surface area contributed by atoms with Gasteiger partial charge < -0.3 is 9.47 Å². The van der Waals surface area contributed by atoms with Crippen LogP contribution in [0.5, 0.6) is 11.6 Å². The van der Waals surface area contributed by atoms with Crippen LogP contribution < -0.4 is 9.47 Å². The van der Waals surface area contributed by atoms with Gasteiger partial charge in [-0.25, -0.2) is 14.3 Å². The van der Waals surface area contributed by atoms with Gasteiger partial charge >= 0.3 is 5.91 Å². The maximum atomic E-state index is 12.6. The average molecular weight is 434 g/mol. The highest BCUT2D eigenvalue weighted by Gasteiger charge is 2.41. The Morgan fingerprint density at radius 1 is 1.16 bits per heavy atom. The summed E-state index contributed by atoms with van der Waals surface area (Å²) in [4.78, 5) is 26.1. The molecule has 3 atom stereocenters. The van der Waals surface area contributed by atoms with Crippen LogP contribution in [0, 0.1) is 18.8 Å². The summed E-state index contributed by atoms with van der Waals surface area (Å²) in [5, 5.41) is 0. The van der Waals surface area contributed by atoms with Crippen molar-refractivity contribution in [2.75, 3.05) is 27.3 Å². The Bertz CT molecular complexity index is 1090. The van der Waals surface area contributed by atoms with E-state index in [-0.39, 0.29) is 10.4 Å². The number of rotatable bonds is 8. The molecule has 0 aromatic carbocycles. The van der Waals surface area contributed by atoms with Crippen LogP contribution in [-0.2, 0) is 4.79 Å². The number of carbonyl (C=O) groups excluding carboxylic acids is 1. The van der Waals surface area contributed by atoms with Gasteiger partial charge in [0.2, 0.25) is 5.88 Å². The van der Waals surface area contributed by atoms with Crippen molar-refractivity contribution in [1.29, 1.82) is 0 Å². The summed E-state index contributed by atoms with van der Waals surface area (Å²) in [6, 6.07) is 3.97. The van der Waals surface area contributed by atoms with Gasteiger partial charge in [-0.15, -0.1) is 0 Å². The zero-order valence-corrected chi connectivity index (χ0v) is 18.8. The van der Waals surface area contributed by atoms with Gasteiger partial charge in [0.25, 0.3) is 0 Å². The standard InChI is InChI=1S/C25H29N4O3/c1-16-26-12-22(18-6-9-24(30)29(2,14-18)13-17-4-5-17)25(28-16)32-15-19-10-21(19)23-8-7-20(31-3)11-27-23/h6-9,11-12,14,17,19,21H,4-5,10,13,15H2,1-3H3/q+1/t19-,21+,29?/m1/s1. The molecule has 0 radical (unpaired) electrons. The highest BCUT2D eigenvalue weighted by Crippen LogP contribution is 2.47. The van der Waals surface area contributed by atoms with E-state index in [2.05, 4.69) is 15.0 Å². The molecule has 5 rings (SSSR count). The van der Waals surface area contributed by atoms with Crippen molar-refractivity contribution in [3.05, 3.63) is 60.0 Å². The number of pyridine rings is 1. The third-order valence-corrected chi connectivity index (χ3v) is 6.58. The van der Waals surface area contributed by atoms with E-state index in [0.717, 1.165) is 35.5 Å². The van der Waals surface area contributed by atoms with Crippen LogP contribution in [0.3, 0.4) is 0 Å². The molecule has 0 N–H and O–H groups in total. The molecule has 32 heavy (non-hydrogen) atoms. The van der Waals surface area contributed by atoms with E-state index in [4.69, 9.17) is 9.47 Å². The second-order valence-electron chi connectivity index (χ2n) is 9.32. The van der Waals surface area contributed by atoms with Gasteiger partial charge in [0.1, 0.15) is 17.8 Å². The zero-order valence-electron chi connectivity index (χ0n) is 18.8. The maximum absolute atomic E-state index is 12.6. The lowest BCUT2D eigenvalue weighted by Gasteiger charge is -2.29. The third-order valence-electron chi connectivity index (χ3n) is 6.58. The van der Waals surface area contributed by atoms with E-state index >= 15 is 0 Å². The number of quaternary nitrogens is 1. The summed E-state index contributed by atoms with van der Waals surface area (Å²) in [7, 11) is 3.63. The smallest absolute Gasteiger partial charge is 0.343 e. The van der Waals surface area contributed by atoms with Gasteiger partial charge in [-0.3, -0.25) is 4.98 Å². The summed E-state index contributed by atoms with van der Waals surface area (Å²) in [5.41, 5.74) is 2.84. The number of ether oxygens (including phenoxy) is 2. The SMILES string of the molecule is COc1ccc([C@H]2C[C@@H]2COc2nc(C)ncc2C2=C[N+](C)(CC3CC3)C(=O)C=C2)nc1. The molecular weight excluding hydrogens is 404 g/mol. The number of hydrogen-bond donors (Lipinski definition) is 0. The molecule has 2 aliphatic carbocycles. The molecule has 7 heteroatoms. The normalized spacial score (nSPS) is 26.6. The molecule has 7 nitrogen and oxygen atoms in total. The molecule has 3 heterocycles. The number of aromatic nitrogens is 3. The number of carbonyl (C=O) groups is 1. The van der Waals surface area contributed by atoms with Crippen molar-refractivity contribution in [3.63, 3.8) is 0 Å². The molecule has 1 unspecified atom stereocenters. The predicted molar refractivity (Wildman–Crippen MR) is 120 cm³/mol. The summed E-state index contributed by atoms with van der Waals surface area (Å²) >= 11 is 0. The molecule has 2 aromatic rings. The number of nitrogens with zero attached hydrogens (tertiary/aromatic N) is 4. The largest absolute Gasteiger partial charge is 0.495 e. The van der Waals surface area contributed by atoms with Crippen molar-refractivity contribution in [1.82, 2.24) is 15.0 Å². The fourth-order valence-electron chi connectivity index (χ4n) is 4.35. The molecule has 0 spiro atoms. The second-order valence-corrected chi connectivity index (χ2v) is 9.32. The van der Waals surface area contributed by atoms with Gasteiger partial charge in [0.05, 0.1) is 39.1 Å². The third kappa shape index (κ3) is 4.30. The Morgan fingerprint density at radius 3 is 2.72 bits per heavy atom. The van der Waals surface area contributed by atoms with Gasteiger partial charge in [-0.2, -0.15) is 4.98 Å². The number of methoxy groups -OCH3 is 1. The van der Waals surface area contributed by atoms with Crippen LogP contribution >= 0.6 is 0 Å². The number of likely N-dealkylation sites (N-methyl/N-ethyl adjacent to an activating group) is 1. The summed E-state index contributed by atoms with van der Waals surface area (Å²) in [6.07, 6.45) is 12.6. The van der Waals surface area contributed by atoms with E-state index in [0.29, 0.717) is 36.1 Å². The Labute approximate surface area is 188 Å². The van der Waals surface area contributed by atoms with E-state index in [1.54, 1.807) is 25.6 Å². The fourth-order valence-corrected chi connectivity index (χ4v) is 4.35. The molecule has 2 fully saturated rings. The number of allylic oxidation sites excluding steroid dienone is 2. The predicted octanol–water partition coefficient (Wildman–Crippen LogP) is 3.67. The zero-order chi connectivity index (χ0) is 22.3. The van der Waals surface area contributed by atoms with Gasteiger partial charge in [-0.1, -0.05) is 0 Å².